The van der Waals surface area contributed by atoms with Crippen LogP contribution in [0.15, 0.2) is 48.5 Å². The van der Waals surface area contributed by atoms with Gasteiger partial charge in [0, 0.05) is 24.9 Å². The Bertz CT molecular complexity index is 699. The molecule has 0 saturated heterocycles. The zero-order valence-corrected chi connectivity index (χ0v) is 14.8. The van der Waals surface area contributed by atoms with E-state index < -0.39 is 0 Å². The minimum Gasteiger partial charge on any atom is -0.355 e. The van der Waals surface area contributed by atoms with Crippen LogP contribution in [0.25, 0.3) is 0 Å². The van der Waals surface area contributed by atoms with Crippen LogP contribution in [0.1, 0.15) is 27.0 Å². The highest BCUT2D eigenvalue weighted by atomic mass is 32.2. The first-order valence-electron chi connectivity index (χ1n) is 7.79. The second-order valence-electron chi connectivity index (χ2n) is 5.53. The van der Waals surface area contributed by atoms with Gasteiger partial charge in [0.1, 0.15) is 0 Å². The Balaban J connectivity index is 1.72. The van der Waals surface area contributed by atoms with Crippen LogP contribution in [-0.4, -0.2) is 24.6 Å². The molecule has 2 aromatic carbocycles. The number of rotatable bonds is 7. The third kappa shape index (κ3) is 5.74. The maximum atomic E-state index is 11.9. The van der Waals surface area contributed by atoms with E-state index >= 15 is 0 Å². The summed E-state index contributed by atoms with van der Waals surface area (Å²) in [5.74, 6) is 1.17. The largest absolute Gasteiger partial charge is 0.355 e. The predicted molar refractivity (Wildman–Crippen MR) is 99.0 cm³/mol. The Morgan fingerprint density at radius 1 is 1.04 bits per heavy atom. The molecule has 0 fully saturated rings. The lowest BCUT2D eigenvalue weighted by Gasteiger charge is -2.07. The van der Waals surface area contributed by atoms with Crippen LogP contribution in [0.2, 0.25) is 0 Å². The second-order valence-corrected chi connectivity index (χ2v) is 6.52. The van der Waals surface area contributed by atoms with Gasteiger partial charge in [0.2, 0.25) is 5.91 Å². The van der Waals surface area contributed by atoms with Crippen LogP contribution in [-0.2, 0) is 17.1 Å². The first kappa shape index (κ1) is 18.1. The smallest absolute Gasteiger partial charge is 0.251 e. The standard InChI is InChI=1S/C19H22N2O2S/c1-14-4-3-5-16(10-14)12-24-13-18(22)21-11-15-6-8-17(9-7-15)19(23)20-2/h3-10H,11-13H2,1-2H3,(H,20,23)(H,21,22). The van der Waals surface area contributed by atoms with Crippen LogP contribution in [0.5, 0.6) is 0 Å². The summed E-state index contributed by atoms with van der Waals surface area (Å²) in [5.41, 5.74) is 4.05. The predicted octanol–water partition coefficient (Wildman–Crippen LogP) is 2.90. The van der Waals surface area contributed by atoms with E-state index in [9.17, 15) is 9.59 Å². The first-order chi connectivity index (χ1) is 11.6. The molecule has 0 atom stereocenters. The molecule has 0 unspecified atom stereocenters. The third-order valence-corrected chi connectivity index (χ3v) is 4.52. The molecule has 0 radical (unpaired) electrons. The lowest BCUT2D eigenvalue weighted by Crippen LogP contribution is -2.24. The molecule has 5 heteroatoms. The van der Waals surface area contributed by atoms with Crippen LogP contribution in [0.3, 0.4) is 0 Å². The van der Waals surface area contributed by atoms with Gasteiger partial charge < -0.3 is 10.6 Å². The fourth-order valence-corrected chi connectivity index (χ4v) is 3.04. The van der Waals surface area contributed by atoms with Crippen molar-refractivity contribution in [3.63, 3.8) is 0 Å². The number of aryl methyl sites for hydroxylation is 1. The van der Waals surface area contributed by atoms with Gasteiger partial charge in [0.15, 0.2) is 0 Å². The zero-order valence-electron chi connectivity index (χ0n) is 14.0. The van der Waals surface area contributed by atoms with E-state index in [-0.39, 0.29) is 11.8 Å². The minimum absolute atomic E-state index is 0.0167. The van der Waals surface area contributed by atoms with E-state index in [1.807, 2.05) is 18.2 Å². The molecule has 2 rings (SSSR count). The number of carbonyl (C=O) groups excluding carboxylic acids is 2. The van der Waals surface area contributed by atoms with Crippen molar-refractivity contribution in [1.82, 2.24) is 10.6 Å². The molecule has 4 nitrogen and oxygen atoms in total. The molecule has 0 aromatic heterocycles. The first-order valence-corrected chi connectivity index (χ1v) is 8.95. The molecule has 2 aromatic rings. The molecule has 2 N–H and O–H groups in total. The van der Waals surface area contributed by atoms with Crippen molar-refractivity contribution in [1.29, 1.82) is 0 Å². The van der Waals surface area contributed by atoms with Gasteiger partial charge in [-0.25, -0.2) is 0 Å². The molecule has 0 aliphatic carbocycles. The van der Waals surface area contributed by atoms with E-state index in [0.717, 1.165) is 11.3 Å². The summed E-state index contributed by atoms with van der Waals surface area (Å²) >= 11 is 1.60. The monoisotopic (exact) mass is 342 g/mol. The summed E-state index contributed by atoms with van der Waals surface area (Å²) < 4.78 is 0. The fourth-order valence-electron chi connectivity index (χ4n) is 2.23. The summed E-state index contributed by atoms with van der Waals surface area (Å²) in [4.78, 5) is 23.4. The highest BCUT2D eigenvalue weighted by Gasteiger charge is 2.05. The average Bonchev–Trinajstić information content (AvgIpc) is 2.60. The van der Waals surface area contributed by atoms with E-state index in [0.29, 0.717) is 17.9 Å². The van der Waals surface area contributed by atoms with Crippen LogP contribution in [0.4, 0.5) is 0 Å². The topological polar surface area (TPSA) is 58.2 Å². The lowest BCUT2D eigenvalue weighted by molar-refractivity contribution is -0.118. The molecule has 126 valence electrons. The number of nitrogens with one attached hydrogen (secondary N) is 2. The fraction of sp³-hybridized carbons (Fsp3) is 0.263. The van der Waals surface area contributed by atoms with Crippen LogP contribution in [0, 0.1) is 6.92 Å². The van der Waals surface area contributed by atoms with Crippen molar-refractivity contribution in [3.05, 3.63) is 70.8 Å². The maximum Gasteiger partial charge on any atom is 0.251 e. The van der Waals surface area contributed by atoms with Gasteiger partial charge in [0.05, 0.1) is 5.75 Å². The number of carbonyl (C=O) groups is 2. The van der Waals surface area contributed by atoms with Gasteiger partial charge >= 0.3 is 0 Å². The average molecular weight is 342 g/mol. The normalized spacial score (nSPS) is 10.2. The third-order valence-electron chi connectivity index (χ3n) is 3.52. The minimum atomic E-state index is -0.113. The van der Waals surface area contributed by atoms with Crippen molar-refractivity contribution in [2.75, 3.05) is 12.8 Å². The van der Waals surface area contributed by atoms with Crippen molar-refractivity contribution in [2.24, 2.45) is 0 Å². The SMILES string of the molecule is CNC(=O)c1ccc(CNC(=O)CSCc2cccc(C)c2)cc1. The molecule has 24 heavy (non-hydrogen) atoms. The van der Waals surface area contributed by atoms with Gasteiger partial charge in [-0.3, -0.25) is 9.59 Å². The van der Waals surface area contributed by atoms with Crippen LogP contribution >= 0.6 is 11.8 Å². The quantitative estimate of drug-likeness (QED) is 0.813. The summed E-state index contributed by atoms with van der Waals surface area (Å²) in [5, 5.41) is 5.48. The van der Waals surface area contributed by atoms with Gasteiger partial charge in [0.25, 0.3) is 5.91 Å². The Kier molecular flexibility index (Phi) is 6.88. The highest BCUT2D eigenvalue weighted by Crippen LogP contribution is 2.13. The number of benzene rings is 2. The van der Waals surface area contributed by atoms with Crippen molar-refractivity contribution >= 4 is 23.6 Å². The molecule has 0 spiro atoms. The van der Waals surface area contributed by atoms with Gasteiger partial charge in [-0.05, 0) is 30.2 Å². The molecule has 0 saturated carbocycles. The highest BCUT2D eigenvalue weighted by molar-refractivity contribution is 7.99. The number of thioether (sulfide) groups is 1. The van der Waals surface area contributed by atoms with Crippen molar-refractivity contribution in [3.8, 4) is 0 Å². The molecular weight excluding hydrogens is 320 g/mol. The summed E-state index contributed by atoms with van der Waals surface area (Å²) in [6.07, 6.45) is 0. The second kappa shape index (κ2) is 9.13. The summed E-state index contributed by atoms with van der Waals surface area (Å²) in [6.45, 7) is 2.54. The Morgan fingerprint density at radius 2 is 1.79 bits per heavy atom. The molecule has 0 aliphatic rings. The Labute approximate surface area is 147 Å². The molecule has 0 heterocycles. The van der Waals surface area contributed by atoms with Crippen molar-refractivity contribution < 1.29 is 9.59 Å². The maximum absolute atomic E-state index is 11.9. The van der Waals surface area contributed by atoms with Crippen molar-refractivity contribution in [2.45, 2.75) is 19.2 Å². The van der Waals surface area contributed by atoms with Crippen LogP contribution < -0.4 is 10.6 Å². The van der Waals surface area contributed by atoms with Gasteiger partial charge in [-0.15, -0.1) is 11.8 Å². The van der Waals surface area contributed by atoms with E-state index in [1.165, 1.54) is 11.1 Å². The molecule has 2 amide bonds. The number of hydrogen-bond acceptors (Lipinski definition) is 3. The summed E-state index contributed by atoms with van der Waals surface area (Å²) in [7, 11) is 1.60. The molecule has 0 bridgehead atoms. The zero-order chi connectivity index (χ0) is 17.4. The number of hydrogen-bond donors (Lipinski definition) is 2. The van der Waals surface area contributed by atoms with Gasteiger partial charge in [-0.2, -0.15) is 0 Å². The van der Waals surface area contributed by atoms with E-state index in [1.54, 1.807) is 30.9 Å². The number of amides is 2. The van der Waals surface area contributed by atoms with E-state index in [4.69, 9.17) is 0 Å². The Morgan fingerprint density at radius 3 is 2.46 bits per heavy atom. The molecule has 0 aliphatic heterocycles. The molecular formula is C19H22N2O2S. The lowest BCUT2D eigenvalue weighted by atomic mass is 10.1. The summed E-state index contributed by atoms with van der Waals surface area (Å²) in [6, 6.07) is 15.5. The van der Waals surface area contributed by atoms with Gasteiger partial charge in [-0.1, -0.05) is 42.0 Å². The van der Waals surface area contributed by atoms with E-state index in [2.05, 4.69) is 35.8 Å². The Hall–Kier alpha value is -2.27.